The normalized spacial score (nSPS) is 16.3. The second kappa shape index (κ2) is 14.6. The van der Waals surface area contributed by atoms with Crippen molar-refractivity contribution in [3.8, 4) is 11.5 Å². The number of rotatable bonds is 12. The van der Waals surface area contributed by atoms with Crippen molar-refractivity contribution in [1.29, 1.82) is 0 Å². The molecule has 3 heterocycles. The Morgan fingerprint density at radius 3 is 2.48 bits per heavy atom. The van der Waals surface area contributed by atoms with Crippen molar-refractivity contribution in [2.24, 2.45) is 16.1 Å². The maximum Gasteiger partial charge on any atom is 0.340 e. The van der Waals surface area contributed by atoms with Gasteiger partial charge in [-0.1, -0.05) is 55.4 Å². The minimum absolute atomic E-state index is 0.0720. The molecule has 0 amide bonds. The fraction of sp³-hybridized carbons (Fsp3) is 0.289. The Bertz CT molecular complexity index is 1940. The maximum absolute atomic E-state index is 13.7. The lowest BCUT2D eigenvalue weighted by molar-refractivity contribution is -0.130. The van der Waals surface area contributed by atoms with E-state index in [4.69, 9.17) is 9.47 Å². The molecule has 0 bridgehead atoms. The smallest absolute Gasteiger partial charge is 0.340 e. The van der Waals surface area contributed by atoms with E-state index in [1.54, 1.807) is 30.3 Å². The number of Topliss-reactive ketones (excluding diaryl/α,β-unsaturated/α-hetero) is 1. The summed E-state index contributed by atoms with van der Waals surface area (Å²) in [5.41, 5.74) is 3.90. The van der Waals surface area contributed by atoms with E-state index in [-0.39, 0.29) is 5.78 Å². The SMILES string of the molecule is CCCCCOc1ccc(OC(=O)/C(=C/c2cc3sc(N=Nc4ccc(N5CCCC5)cc4)nc3s2)C2Cc3ccccc3C2=O)cc1. The van der Waals surface area contributed by atoms with Crippen LogP contribution in [0.15, 0.2) is 94.7 Å². The Kier molecular flexibility index (Phi) is 9.72. The highest BCUT2D eigenvalue weighted by Crippen LogP contribution is 2.38. The Morgan fingerprint density at radius 2 is 1.73 bits per heavy atom. The van der Waals surface area contributed by atoms with Crippen LogP contribution in [0.3, 0.4) is 0 Å². The molecule has 0 N–H and O–H groups in total. The van der Waals surface area contributed by atoms with Gasteiger partial charge in [-0.05, 0) is 91.9 Å². The highest BCUT2D eigenvalue weighted by molar-refractivity contribution is 7.29. The Labute approximate surface area is 287 Å². The van der Waals surface area contributed by atoms with Gasteiger partial charge in [0, 0.05) is 29.2 Å². The molecule has 1 atom stereocenters. The number of esters is 1. The number of thiazole rings is 1. The quantitative estimate of drug-likeness (QED) is 0.0429. The van der Waals surface area contributed by atoms with Crippen LogP contribution in [0.5, 0.6) is 11.5 Å². The molecule has 1 aliphatic heterocycles. The van der Waals surface area contributed by atoms with Crippen molar-refractivity contribution in [3.63, 3.8) is 0 Å². The minimum atomic E-state index is -0.634. The largest absolute Gasteiger partial charge is 0.494 e. The van der Waals surface area contributed by atoms with Crippen molar-refractivity contribution < 1.29 is 19.1 Å². The van der Waals surface area contributed by atoms with Gasteiger partial charge in [0.1, 0.15) is 16.3 Å². The average Bonchev–Trinajstić information content (AvgIpc) is 3.91. The topological polar surface area (TPSA) is 93.4 Å². The van der Waals surface area contributed by atoms with Gasteiger partial charge in [-0.2, -0.15) is 0 Å². The van der Waals surface area contributed by atoms with Crippen LogP contribution in [0.25, 0.3) is 15.6 Å². The van der Waals surface area contributed by atoms with Crippen molar-refractivity contribution >= 4 is 66.5 Å². The number of carbonyl (C=O) groups is 2. The van der Waals surface area contributed by atoms with Crippen LogP contribution in [-0.4, -0.2) is 36.4 Å². The zero-order valence-electron chi connectivity index (χ0n) is 26.8. The van der Waals surface area contributed by atoms with Gasteiger partial charge in [-0.15, -0.1) is 21.6 Å². The van der Waals surface area contributed by atoms with Crippen LogP contribution >= 0.6 is 22.7 Å². The average molecular weight is 677 g/mol. The monoisotopic (exact) mass is 676 g/mol. The highest BCUT2D eigenvalue weighted by atomic mass is 32.1. The fourth-order valence-corrected chi connectivity index (χ4v) is 8.11. The Morgan fingerprint density at radius 1 is 0.958 bits per heavy atom. The molecular formula is C38H36N4O4S2. The van der Waals surface area contributed by atoms with Crippen LogP contribution in [0.2, 0.25) is 0 Å². The van der Waals surface area contributed by atoms with Gasteiger partial charge >= 0.3 is 5.97 Å². The molecule has 10 heteroatoms. The number of carbonyl (C=O) groups excluding carboxylic acids is 2. The number of aromatic nitrogens is 1. The number of benzene rings is 3. The second-order valence-electron chi connectivity index (χ2n) is 12.0. The van der Waals surface area contributed by atoms with E-state index in [9.17, 15) is 9.59 Å². The van der Waals surface area contributed by atoms with E-state index in [0.717, 1.165) is 63.8 Å². The van der Waals surface area contributed by atoms with Crippen molar-refractivity contribution in [2.45, 2.75) is 45.4 Å². The second-order valence-corrected chi connectivity index (χ2v) is 14.1. The van der Waals surface area contributed by atoms with E-state index in [0.29, 0.717) is 35.0 Å². The Balaban J connectivity index is 1.09. The molecule has 0 saturated carbocycles. The third-order valence-corrected chi connectivity index (χ3v) is 10.6. The number of ether oxygens (including phenoxy) is 2. The van der Waals surface area contributed by atoms with E-state index in [2.05, 4.69) is 39.2 Å². The number of nitrogens with zero attached hydrogens (tertiary/aromatic N) is 4. The molecule has 1 aliphatic carbocycles. The lowest BCUT2D eigenvalue weighted by Gasteiger charge is -2.17. The number of hydrogen-bond acceptors (Lipinski definition) is 10. The van der Waals surface area contributed by atoms with Crippen LogP contribution in [0.4, 0.5) is 16.5 Å². The molecule has 5 aromatic rings. The molecule has 1 unspecified atom stereocenters. The summed E-state index contributed by atoms with van der Waals surface area (Å²) in [5, 5.41) is 9.35. The molecule has 0 radical (unpaired) electrons. The zero-order valence-corrected chi connectivity index (χ0v) is 28.4. The van der Waals surface area contributed by atoms with Gasteiger partial charge < -0.3 is 14.4 Å². The molecule has 48 heavy (non-hydrogen) atoms. The molecule has 2 aromatic heterocycles. The summed E-state index contributed by atoms with van der Waals surface area (Å²) in [6, 6.07) is 24.7. The highest BCUT2D eigenvalue weighted by Gasteiger charge is 2.36. The van der Waals surface area contributed by atoms with Gasteiger partial charge in [-0.25, -0.2) is 9.78 Å². The molecule has 1 fully saturated rings. The molecule has 1 saturated heterocycles. The summed E-state index contributed by atoms with van der Waals surface area (Å²) in [6.07, 6.45) is 7.95. The van der Waals surface area contributed by atoms with Crippen LogP contribution in [-0.2, 0) is 11.2 Å². The van der Waals surface area contributed by atoms with Crippen LogP contribution < -0.4 is 14.4 Å². The van der Waals surface area contributed by atoms with Crippen LogP contribution in [0, 0.1) is 5.92 Å². The molecule has 7 rings (SSSR count). The summed E-state index contributed by atoms with van der Waals surface area (Å²) < 4.78 is 12.6. The zero-order chi connectivity index (χ0) is 32.9. The third-order valence-electron chi connectivity index (χ3n) is 8.65. The van der Waals surface area contributed by atoms with Crippen molar-refractivity contribution in [3.05, 3.63) is 100 Å². The predicted octanol–water partition coefficient (Wildman–Crippen LogP) is 9.99. The summed E-state index contributed by atoms with van der Waals surface area (Å²) in [6.45, 7) is 5.00. The number of thiophene rings is 1. The van der Waals surface area contributed by atoms with E-state index in [1.807, 2.05) is 42.5 Å². The first-order valence-electron chi connectivity index (χ1n) is 16.5. The molecule has 8 nitrogen and oxygen atoms in total. The number of unbranched alkanes of at least 4 members (excludes halogenated alkanes) is 2. The third kappa shape index (κ3) is 7.24. The van der Waals surface area contributed by atoms with Gasteiger partial charge in [0.25, 0.3) is 0 Å². The van der Waals surface area contributed by atoms with E-state index in [1.165, 1.54) is 41.2 Å². The lowest BCUT2D eigenvalue weighted by atomic mass is 9.94. The van der Waals surface area contributed by atoms with Gasteiger partial charge in [-0.3, -0.25) is 4.79 Å². The first kappa shape index (κ1) is 31.9. The van der Waals surface area contributed by atoms with Crippen molar-refractivity contribution in [1.82, 2.24) is 4.98 Å². The molecule has 3 aromatic carbocycles. The van der Waals surface area contributed by atoms with Gasteiger partial charge in [0.2, 0.25) is 5.13 Å². The van der Waals surface area contributed by atoms with Gasteiger partial charge in [0.15, 0.2) is 5.78 Å². The first-order valence-corrected chi connectivity index (χ1v) is 18.1. The Hall–Kier alpha value is -4.67. The van der Waals surface area contributed by atoms with E-state index < -0.39 is 11.9 Å². The fourth-order valence-electron chi connectivity index (χ4n) is 6.12. The van der Waals surface area contributed by atoms with Crippen LogP contribution in [0.1, 0.15) is 59.8 Å². The minimum Gasteiger partial charge on any atom is -0.494 e. The first-order chi connectivity index (χ1) is 23.5. The molecular weight excluding hydrogens is 641 g/mol. The molecule has 2 aliphatic rings. The number of fused-ring (bicyclic) bond motifs is 2. The molecule has 244 valence electrons. The number of hydrogen-bond donors (Lipinski definition) is 0. The lowest BCUT2D eigenvalue weighted by Crippen LogP contribution is -2.22. The van der Waals surface area contributed by atoms with Gasteiger partial charge in [0.05, 0.1) is 28.5 Å². The number of azo groups is 1. The molecule has 0 spiro atoms. The van der Waals surface area contributed by atoms with E-state index >= 15 is 0 Å². The predicted molar refractivity (Wildman–Crippen MR) is 193 cm³/mol. The maximum atomic E-state index is 13.7. The van der Waals surface area contributed by atoms with Crippen molar-refractivity contribution in [2.75, 3.05) is 24.6 Å². The summed E-state index contributed by atoms with van der Waals surface area (Å²) in [5.74, 6) is -0.136. The number of anilines is 1. The summed E-state index contributed by atoms with van der Waals surface area (Å²) >= 11 is 2.88. The standard InChI is InChI=1S/C38H36N4O4S2/c1-2-3-8-21-45-28-15-17-29(18-16-28)46-37(44)33(32-22-25-9-4-5-10-31(25)35(32)43)23-30-24-34-36(47-30)39-38(48-34)41-40-26-11-13-27(14-12-26)42-19-6-7-20-42/h4-5,9-18,23-24,32H,2-3,6-8,19-22H2,1H3/b33-23+,41-40?. The summed E-state index contributed by atoms with van der Waals surface area (Å²) in [7, 11) is 0. The summed E-state index contributed by atoms with van der Waals surface area (Å²) in [4.78, 5) is 35.9. The number of ketones is 1.